The van der Waals surface area contributed by atoms with E-state index in [-0.39, 0.29) is 36.1 Å². The number of ether oxygens (including phenoxy) is 3. The lowest BCUT2D eigenvalue weighted by Crippen LogP contribution is -2.47. The van der Waals surface area contributed by atoms with Crippen molar-refractivity contribution in [3.63, 3.8) is 0 Å². The summed E-state index contributed by atoms with van der Waals surface area (Å²) in [7, 11) is 0. The van der Waals surface area contributed by atoms with Crippen LogP contribution < -0.4 is 10.6 Å². The molecule has 5 fully saturated rings. The standard InChI is InChI=1S/C39H60N2O9/c1-2-48-30-16-18-32(38(44)45)34(23-30)36(42)40-27-12-8-25(9-13-27)22-26-10-14-28(15-11-26)41-37(43)35-24-31(17-19-33(35)39(46)47)50-21-20-49-29-6-4-3-5-7-29/h1,25-35H,3-24H2,(H,40,42)(H,41,43)(H,44,45)(H,46,47). The predicted octanol–water partition coefficient (Wildman–Crippen LogP) is 5.44. The van der Waals surface area contributed by atoms with Gasteiger partial charge in [-0.25, -0.2) is 0 Å². The fraction of sp³-hybridized carbons (Fsp3) is 0.846. The third kappa shape index (κ3) is 11.1. The predicted molar refractivity (Wildman–Crippen MR) is 186 cm³/mol. The second kappa shape index (κ2) is 19.1. The number of carboxylic acid groups (broad SMARTS) is 2. The fourth-order valence-electron chi connectivity index (χ4n) is 9.62. The molecular weight excluding hydrogens is 640 g/mol. The van der Waals surface area contributed by atoms with Gasteiger partial charge in [-0.05, 0) is 121 Å². The molecule has 0 bridgehead atoms. The number of rotatable bonds is 14. The van der Waals surface area contributed by atoms with Gasteiger partial charge in [-0.15, -0.1) is 0 Å². The maximum atomic E-state index is 13.4. The van der Waals surface area contributed by atoms with Crippen molar-refractivity contribution in [3.05, 3.63) is 0 Å². The van der Waals surface area contributed by atoms with Gasteiger partial charge < -0.3 is 35.1 Å². The molecule has 5 aliphatic carbocycles. The van der Waals surface area contributed by atoms with Crippen molar-refractivity contribution >= 4 is 23.8 Å². The molecule has 50 heavy (non-hydrogen) atoms. The van der Waals surface area contributed by atoms with Crippen LogP contribution in [0.5, 0.6) is 0 Å². The zero-order valence-corrected chi connectivity index (χ0v) is 29.7. The topological polar surface area (TPSA) is 160 Å². The summed E-state index contributed by atoms with van der Waals surface area (Å²) in [5, 5.41) is 25.9. The quantitative estimate of drug-likeness (QED) is 0.137. The van der Waals surface area contributed by atoms with Gasteiger partial charge in [0.15, 0.2) is 0 Å². The molecule has 5 aliphatic rings. The number of hydrogen-bond acceptors (Lipinski definition) is 7. The third-order valence-electron chi connectivity index (χ3n) is 12.5. The van der Waals surface area contributed by atoms with Crippen molar-refractivity contribution in [1.29, 1.82) is 0 Å². The first kappa shape index (κ1) is 38.4. The monoisotopic (exact) mass is 700 g/mol. The Bertz CT molecular complexity index is 1170. The van der Waals surface area contributed by atoms with Crippen LogP contribution in [-0.2, 0) is 33.4 Å². The lowest BCUT2D eigenvalue weighted by molar-refractivity contribution is -0.152. The maximum Gasteiger partial charge on any atom is 0.307 e. The second-order valence-corrected chi connectivity index (χ2v) is 15.9. The second-order valence-electron chi connectivity index (χ2n) is 15.9. The average Bonchev–Trinajstić information content (AvgIpc) is 3.12. The first-order chi connectivity index (χ1) is 24.2. The number of hydrogen-bond donors (Lipinski definition) is 4. The van der Waals surface area contributed by atoms with Crippen LogP contribution in [0.3, 0.4) is 0 Å². The molecule has 4 N–H and O–H groups in total. The molecule has 0 spiro atoms. The zero-order valence-electron chi connectivity index (χ0n) is 29.7. The molecule has 6 unspecified atom stereocenters. The number of nitrogens with one attached hydrogen (secondary N) is 2. The summed E-state index contributed by atoms with van der Waals surface area (Å²) in [6.45, 7) is 1.02. The Balaban J connectivity index is 0.990. The minimum atomic E-state index is -0.940. The van der Waals surface area contributed by atoms with Gasteiger partial charge in [-0.1, -0.05) is 25.7 Å². The smallest absolute Gasteiger partial charge is 0.307 e. The van der Waals surface area contributed by atoms with E-state index in [0.717, 1.165) is 70.6 Å². The first-order valence-electron chi connectivity index (χ1n) is 19.6. The van der Waals surface area contributed by atoms with Crippen molar-refractivity contribution in [1.82, 2.24) is 10.6 Å². The Labute approximate surface area is 297 Å². The highest BCUT2D eigenvalue weighted by Crippen LogP contribution is 2.38. The summed E-state index contributed by atoms with van der Waals surface area (Å²) in [6, 6.07) is 0.131. The third-order valence-corrected chi connectivity index (χ3v) is 12.5. The van der Waals surface area contributed by atoms with E-state index in [1.54, 1.807) is 0 Å². The number of terminal acetylenes is 1. The van der Waals surface area contributed by atoms with E-state index < -0.39 is 35.6 Å². The van der Waals surface area contributed by atoms with Gasteiger partial charge >= 0.3 is 11.9 Å². The SMILES string of the molecule is C#COC1CCC(C(=O)O)C(C(=O)NC2CCC(CC3CCC(NC(=O)C4CC(OCCOC5CCCCC5)CCC4C(=O)O)CC3)CC2)C1. The van der Waals surface area contributed by atoms with Crippen LogP contribution in [0.15, 0.2) is 0 Å². The van der Waals surface area contributed by atoms with Gasteiger partial charge in [-0.3, -0.25) is 19.2 Å². The Morgan fingerprint density at radius 3 is 1.50 bits per heavy atom. The average molecular weight is 701 g/mol. The minimum Gasteiger partial charge on any atom is -0.481 e. The van der Waals surface area contributed by atoms with Gasteiger partial charge in [0.1, 0.15) is 12.2 Å². The van der Waals surface area contributed by atoms with Crippen LogP contribution in [0.4, 0.5) is 0 Å². The summed E-state index contributed by atoms with van der Waals surface area (Å²) in [5.41, 5.74) is 0. The van der Waals surface area contributed by atoms with E-state index in [2.05, 4.69) is 16.7 Å². The zero-order chi connectivity index (χ0) is 35.5. The Morgan fingerprint density at radius 1 is 0.560 bits per heavy atom. The Morgan fingerprint density at radius 2 is 1.02 bits per heavy atom. The summed E-state index contributed by atoms with van der Waals surface area (Å²) in [6.07, 6.45) is 25.0. The molecule has 5 saturated carbocycles. The van der Waals surface area contributed by atoms with Crippen LogP contribution in [0.25, 0.3) is 0 Å². The van der Waals surface area contributed by atoms with E-state index in [9.17, 15) is 29.4 Å². The first-order valence-corrected chi connectivity index (χ1v) is 19.6. The van der Waals surface area contributed by atoms with Gasteiger partial charge in [0.05, 0.1) is 49.1 Å². The van der Waals surface area contributed by atoms with Gasteiger partial charge in [0.25, 0.3) is 0 Å². The molecule has 0 radical (unpaired) electrons. The molecule has 280 valence electrons. The number of carboxylic acids is 2. The van der Waals surface area contributed by atoms with Crippen molar-refractivity contribution in [3.8, 4) is 12.5 Å². The number of carbonyl (C=O) groups excluding carboxylic acids is 2. The number of aliphatic carboxylic acids is 2. The summed E-state index contributed by atoms with van der Waals surface area (Å²) >= 11 is 0. The molecule has 11 nitrogen and oxygen atoms in total. The van der Waals surface area contributed by atoms with Crippen LogP contribution in [0, 0.1) is 48.0 Å². The summed E-state index contributed by atoms with van der Waals surface area (Å²) < 4.78 is 17.3. The van der Waals surface area contributed by atoms with Crippen molar-refractivity contribution in [2.24, 2.45) is 35.5 Å². The lowest BCUT2D eigenvalue weighted by atomic mass is 9.74. The van der Waals surface area contributed by atoms with Crippen molar-refractivity contribution < 1.29 is 43.6 Å². The van der Waals surface area contributed by atoms with E-state index in [4.69, 9.17) is 20.6 Å². The molecule has 5 rings (SSSR count). The molecular formula is C39H60N2O9. The highest BCUT2D eigenvalue weighted by atomic mass is 16.5. The summed E-state index contributed by atoms with van der Waals surface area (Å²) in [4.78, 5) is 50.5. The molecule has 0 saturated heterocycles. The molecule has 0 aliphatic heterocycles. The normalized spacial score (nSPS) is 35.3. The molecule has 11 heteroatoms. The van der Waals surface area contributed by atoms with Crippen LogP contribution in [0.2, 0.25) is 0 Å². The number of carbonyl (C=O) groups is 4. The molecule has 0 aromatic heterocycles. The molecule has 0 heterocycles. The lowest BCUT2D eigenvalue weighted by Gasteiger charge is -2.37. The van der Waals surface area contributed by atoms with E-state index in [1.165, 1.54) is 19.3 Å². The van der Waals surface area contributed by atoms with Crippen LogP contribution in [-0.4, -0.2) is 77.6 Å². The number of amides is 2. The highest BCUT2D eigenvalue weighted by molar-refractivity contribution is 5.86. The van der Waals surface area contributed by atoms with Gasteiger partial charge in [0.2, 0.25) is 11.8 Å². The molecule has 0 aromatic rings. The highest BCUT2D eigenvalue weighted by Gasteiger charge is 2.42. The Kier molecular flexibility index (Phi) is 14.7. The van der Waals surface area contributed by atoms with Crippen molar-refractivity contribution in [2.45, 2.75) is 159 Å². The summed E-state index contributed by atoms with van der Waals surface area (Å²) in [5.74, 6) is -3.58. The maximum absolute atomic E-state index is 13.4. The van der Waals surface area contributed by atoms with Crippen molar-refractivity contribution in [2.75, 3.05) is 13.2 Å². The van der Waals surface area contributed by atoms with Crippen LogP contribution >= 0.6 is 0 Å². The van der Waals surface area contributed by atoms with E-state index in [0.29, 0.717) is 69.7 Å². The van der Waals surface area contributed by atoms with E-state index in [1.807, 2.05) is 0 Å². The largest absolute Gasteiger partial charge is 0.481 e. The van der Waals surface area contributed by atoms with Crippen LogP contribution in [0.1, 0.15) is 128 Å². The van der Waals surface area contributed by atoms with Gasteiger partial charge in [-0.2, -0.15) is 0 Å². The minimum absolute atomic E-state index is 0.0577. The van der Waals surface area contributed by atoms with E-state index >= 15 is 0 Å². The molecule has 6 atom stereocenters. The fourth-order valence-corrected chi connectivity index (χ4v) is 9.62. The molecule has 0 aromatic carbocycles. The van der Waals surface area contributed by atoms with Gasteiger partial charge in [0, 0.05) is 12.1 Å². The molecule has 2 amide bonds. The Hall–Kier alpha value is -2.84.